The molecule has 3 rings (SSSR count). The molecule has 0 N–H and O–H groups in total. The summed E-state index contributed by atoms with van der Waals surface area (Å²) < 4.78 is 31.6. The van der Waals surface area contributed by atoms with Gasteiger partial charge in [-0.2, -0.15) is 4.31 Å². The van der Waals surface area contributed by atoms with Crippen molar-refractivity contribution in [2.24, 2.45) is 0 Å². The molecule has 0 unspecified atom stereocenters. The minimum absolute atomic E-state index is 0.0602. The Balaban J connectivity index is 1.54. The maximum atomic E-state index is 12.5. The molecule has 0 aromatic heterocycles. The average molecular weight is 466 g/mol. The van der Waals surface area contributed by atoms with Crippen LogP contribution in [0.5, 0.6) is 5.75 Å². The van der Waals surface area contributed by atoms with E-state index in [4.69, 9.17) is 16.3 Å². The number of carbonyl (C=O) groups excluding carboxylic acids is 1. The predicted octanol–water partition coefficient (Wildman–Crippen LogP) is 2.77. The van der Waals surface area contributed by atoms with E-state index in [-0.39, 0.29) is 48.5 Å². The van der Waals surface area contributed by atoms with Gasteiger partial charge in [0.2, 0.25) is 10.0 Å². The van der Waals surface area contributed by atoms with Gasteiger partial charge in [0, 0.05) is 42.7 Å². The number of nitrogens with zero attached hydrogens (tertiary/aromatic N) is 3. The second-order valence-corrected chi connectivity index (χ2v) is 8.95. The molecule has 1 aliphatic rings. The van der Waals surface area contributed by atoms with Gasteiger partial charge in [-0.15, -0.1) is 0 Å². The van der Waals surface area contributed by atoms with Crippen molar-refractivity contribution in [3.63, 3.8) is 0 Å². The van der Waals surface area contributed by atoms with Gasteiger partial charge in [0.1, 0.15) is 0 Å². The molecule has 0 spiro atoms. The Labute approximate surface area is 184 Å². The molecule has 2 aromatic rings. The summed E-state index contributed by atoms with van der Waals surface area (Å²) in [7, 11) is -3.61. The number of nitro groups is 1. The molecule has 0 aliphatic carbocycles. The molecule has 31 heavy (non-hydrogen) atoms. The Morgan fingerprint density at radius 2 is 1.81 bits per heavy atom. The first-order valence-corrected chi connectivity index (χ1v) is 11.2. The fourth-order valence-electron chi connectivity index (χ4n) is 2.99. The van der Waals surface area contributed by atoms with Crippen molar-refractivity contribution in [1.29, 1.82) is 0 Å². The minimum atomic E-state index is -3.61. The van der Waals surface area contributed by atoms with Gasteiger partial charge < -0.3 is 9.64 Å². The highest BCUT2D eigenvalue weighted by molar-refractivity contribution is 7.92. The third kappa shape index (κ3) is 6.03. The number of benzene rings is 2. The number of sulfonamides is 1. The molecule has 1 saturated heterocycles. The molecule has 1 fully saturated rings. The number of hydrogen-bond donors (Lipinski definition) is 0. The zero-order valence-electron chi connectivity index (χ0n) is 16.4. The van der Waals surface area contributed by atoms with Crippen LogP contribution in [0.15, 0.2) is 53.9 Å². The first-order chi connectivity index (χ1) is 14.8. The van der Waals surface area contributed by atoms with Crippen molar-refractivity contribution in [3.8, 4) is 5.75 Å². The summed E-state index contributed by atoms with van der Waals surface area (Å²) in [5, 5.41) is 12.4. The molecule has 164 valence electrons. The SMILES string of the molecule is O=C(COc1ccc(Cl)cc1[N+](=O)[O-])N1CCN(S(=O)(=O)/C=C/c2ccccc2)CC1. The Morgan fingerprint density at radius 1 is 1.13 bits per heavy atom. The van der Waals surface area contributed by atoms with Crippen molar-refractivity contribution in [2.75, 3.05) is 32.8 Å². The predicted molar refractivity (Wildman–Crippen MR) is 116 cm³/mol. The molecule has 0 atom stereocenters. The van der Waals surface area contributed by atoms with Crippen molar-refractivity contribution >= 4 is 39.3 Å². The van der Waals surface area contributed by atoms with Crippen LogP contribution in [0.2, 0.25) is 5.02 Å². The van der Waals surface area contributed by atoms with Crippen LogP contribution < -0.4 is 4.74 Å². The second-order valence-electron chi connectivity index (χ2n) is 6.70. The number of carbonyl (C=O) groups is 1. The Bertz CT molecular complexity index is 1080. The zero-order valence-corrected chi connectivity index (χ0v) is 18.0. The van der Waals surface area contributed by atoms with Crippen LogP contribution in [0, 0.1) is 10.1 Å². The van der Waals surface area contributed by atoms with Gasteiger partial charge in [0.25, 0.3) is 5.91 Å². The topological polar surface area (TPSA) is 110 Å². The van der Waals surface area contributed by atoms with Gasteiger partial charge >= 0.3 is 5.69 Å². The van der Waals surface area contributed by atoms with Crippen LogP contribution in [0.4, 0.5) is 5.69 Å². The van der Waals surface area contributed by atoms with E-state index >= 15 is 0 Å². The molecule has 0 radical (unpaired) electrons. The molecule has 2 aromatic carbocycles. The first-order valence-electron chi connectivity index (χ1n) is 9.34. The quantitative estimate of drug-likeness (QED) is 0.459. The van der Waals surface area contributed by atoms with Crippen molar-refractivity contribution in [3.05, 3.63) is 74.6 Å². The van der Waals surface area contributed by atoms with E-state index in [0.29, 0.717) is 0 Å². The summed E-state index contributed by atoms with van der Waals surface area (Å²) in [6, 6.07) is 13.0. The Hall–Kier alpha value is -2.95. The van der Waals surface area contributed by atoms with Gasteiger partial charge in [-0.25, -0.2) is 8.42 Å². The first kappa shape index (κ1) is 22.7. The molecule has 1 amide bonds. The monoisotopic (exact) mass is 465 g/mol. The van der Waals surface area contributed by atoms with Crippen LogP contribution in [-0.4, -0.2) is 61.2 Å². The number of hydrogen-bond acceptors (Lipinski definition) is 6. The maximum absolute atomic E-state index is 12.5. The van der Waals surface area contributed by atoms with Crippen molar-refractivity contribution in [1.82, 2.24) is 9.21 Å². The molecular weight excluding hydrogens is 446 g/mol. The maximum Gasteiger partial charge on any atom is 0.312 e. The second kappa shape index (κ2) is 9.90. The van der Waals surface area contributed by atoms with Crippen LogP contribution in [0.3, 0.4) is 0 Å². The highest BCUT2D eigenvalue weighted by Gasteiger charge is 2.28. The van der Waals surface area contributed by atoms with Gasteiger partial charge in [-0.3, -0.25) is 14.9 Å². The third-order valence-corrected chi connectivity index (χ3v) is 6.45. The number of ether oxygens (including phenoxy) is 1. The van der Waals surface area contributed by atoms with Gasteiger partial charge in [0.15, 0.2) is 12.4 Å². The summed E-state index contributed by atoms with van der Waals surface area (Å²) in [4.78, 5) is 24.3. The van der Waals surface area contributed by atoms with E-state index in [9.17, 15) is 23.3 Å². The number of nitro benzene ring substituents is 1. The van der Waals surface area contributed by atoms with Crippen molar-refractivity contribution < 1.29 is 22.9 Å². The number of piperazine rings is 1. The third-order valence-electron chi connectivity index (χ3n) is 4.65. The lowest BCUT2D eigenvalue weighted by Gasteiger charge is -2.33. The molecule has 11 heteroatoms. The van der Waals surface area contributed by atoms with E-state index in [1.54, 1.807) is 12.1 Å². The summed E-state index contributed by atoms with van der Waals surface area (Å²) in [5.41, 5.74) is 0.440. The van der Waals surface area contributed by atoms with Crippen LogP contribution in [0.1, 0.15) is 5.56 Å². The van der Waals surface area contributed by atoms with E-state index in [1.807, 2.05) is 18.2 Å². The standard InChI is InChI=1S/C20H20ClN3O6S/c21-17-6-7-19(18(14-17)24(26)27)30-15-20(25)22-9-11-23(12-10-22)31(28,29)13-8-16-4-2-1-3-5-16/h1-8,13-14H,9-12,15H2/b13-8+. The zero-order chi connectivity index (χ0) is 22.4. The fourth-order valence-corrected chi connectivity index (χ4v) is 4.33. The summed E-state index contributed by atoms with van der Waals surface area (Å²) in [6.07, 6.45) is 1.53. The van der Waals surface area contributed by atoms with E-state index in [2.05, 4.69) is 0 Å². The minimum Gasteiger partial charge on any atom is -0.477 e. The molecule has 1 aliphatic heterocycles. The van der Waals surface area contributed by atoms with Gasteiger partial charge in [0.05, 0.1) is 4.92 Å². The number of halogens is 1. The summed E-state index contributed by atoms with van der Waals surface area (Å²) >= 11 is 5.76. The average Bonchev–Trinajstić information content (AvgIpc) is 2.77. The lowest BCUT2D eigenvalue weighted by molar-refractivity contribution is -0.385. The van der Waals surface area contributed by atoms with E-state index in [0.717, 1.165) is 17.0 Å². The lowest BCUT2D eigenvalue weighted by Crippen LogP contribution is -2.51. The highest BCUT2D eigenvalue weighted by atomic mass is 35.5. The lowest BCUT2D eigenvalue weighted by atomic mass is 10.2. The molecule has 9 nitrogen and oxygen atoms in total. The summed E-state index contributed by atoms with van der Waals surface area (Å²) in [6.45, 7) is 0.290. The van der Waals surface area contributed by atoms with Crippen LogP contribution >= 0.6 is 11.6 Å². The van der Waals surface area contributed by atoms with Gasteiger partial charge in [-0.1, -0.05) is 41.9 Å². The smallest absolute Gasteiger partial charge is 0.312 e. The largest absolute Gasteiger partial charge is 0.477 e. The van der Waals surface area contributed by atoms with Crippen LogP contribution in [-0.2, 0) is 14.8 Å². The Kier molecular flexibility index (Phi) is 7.26. The molecular formula is C20H20ClN3O6S. The number of amides is 1. The number of rotatable bonds is 7. The highest BCUT2D eigenvalue weighted by Crippen LogP contribution is 2.29. The summed E-state index contributed by atoms with van der Waals surface area (Å²) in [5.74, 6) is -0.448. The molecule has 1 heterocycles. The van der Waals surface area contributed by atoms with E-state index < -0.39 is 21.6 Å². The van der Waals surface area contributed by atoms with Crippen LogP contribution in [0.25, 0.3) is 6.08 Å². The van der Waals surface area contributed by atoms with Crippen molar-refractivity contribution in [2.45, 2.75) is 0 Å². The van der Waals surface area contributed by atoms with Gasteiger partial charge in [-0.05, 0) is 23.8 Å². The molecule has 0 bridgehead atoms. The van der Waals surface area contributed by atoms with E-state index in [1.165, 1.54) is 27.4 Å². The fraction of sp³-hybridized carbons (Fsp3) is 0.250. The molecule has 0 saturated carbocycles. The normalized spacial score (nSPS) is 15.2. The Morgan fingerprint density at radius 3 is 2.45 bits per heavy atom.